The molecule has 0 fully saturated rings. The molecular weight excluding hydrogens is 435 g/mol. The van der Waals surface area contributed by atoms with Crippen molar-refractivity contribution in [3.8, 4) is 0 Å². The molecule has 0 saturated heterocycles. The average Bonchev–Trinajstić information content (AvgIpc) is 3.05. The topological polar surface area (TPSA) is 66.9 Å². The zero-order valence-corrected chi connectivity index (χ0v) is 19.8. The zero-order valence-electron chi connectivity index (χ0n) is 18.9. The van der Waals surface area contributed by atoms with Crippen LogP contribution in [0.5, 0.6) is 0 Å². The van der Waals surface area contributed by atoms with Crippen molar-refractivity contribution in [1.29, 1.82) is 0 Å². The molecule has 0 spiro atoms. The molecule has 5 nitrogen and oxygen atoms in total. The van der Waals surface area contributed by atoms with E-state index in [1.165, 1.54) is 23.5 Å². The fraction of sp³-hybridized carbons (Fsp3) is 0.192. The Balaban J connectivity index is 1.79. The highest BCUT2D eigenvalue weighted by Gasteiger charge is 2.26. The Morgan fingerprint density at radius 3 is 2.21 bits per heavy atom. The smallest absolute Gasteiger partial charge is 0.256 e. The highest BCUT2D eigenvalue weighted by molar-refractivity contribution is 7.16. The van der Waals surface area contributed by atoms with E-state index in [1.54, 1.807) is 24.3 Å². The van der Waals surface area contributed by atoms with Crippen LogP contribution in [0.15, 0.2) is 60.7 Å². The van der Waals surface area contributed by atoms with Gasteiger partial charge in [0.1, 0.15) is 10.8 Å². The molecule has 2 aromatic heterocycles. The predicted octanol–water partition coefficient (Wildman–Crippen LogP) is 6.36. The first-order valence-electron chi connectivity index (χ1n) is 10.6. The summed E-state index contributed by atoms with van der Waals surface area (Å²) in [4.78, 5) is 23.1. The van der Waals surface area contributed by atoms with Crippen molar-refractivity contribution in [1.82, 2.24) is 9.97 Å². The molecular formula is C26H25FN4OS. The molecule has 7 heteroatoms. The maximum atomic E-state index is 13.7. The first-order chi connectivity index (χ1) is 15.8. The van der Waals surface area contributed by atoms with Crippen LogP contribution >= 0.6 is 11.3 Å². The molecule has 2 heterocycles. The second-order valence-electron chi connectivity index (χ2n) is 7.95. The van der Waals surface area contributed by atoms with E-state index in [4.69, 9.17) is 0 Å². The Morgan fingerprint density at radius 2 is 1.58 bits per heavy atom. The largest absolute Gasteiger partial charge is 0.343 e. The molecule has 1 amide bonds. The van der Waals surface area contributed by atoms with E-state index in [1.807, 2.05) is 52.0 Å². The molecule has 0 aliphatic carbocycles. The van der Waals surface area contributed by atoms with E-state index in [0.717, 1.165) is 38.0 Å². The molecule has 1 unspecified atom stereocenters. The summed E-state index contributed by atoms with van der Waals surface area (Å²) in [6.45, 7) is 7.88. The number of nitrogens with zero attached hydrogens (tertiary/aromatic N) is 2. The Kier molecular flexibility index (Phi) is 6.51. The summed E-state index contributed by atoms with van der Waals surface area (Å²) in [6, 6.07) is 17.0. The summed E-state index contributed by atoms with van der Waals surface area (Å²) in [5, 5.41) is 7.26. The van der Waals surface area contributed by atoms with Gasteiger partial charge in [-0.05, 0) is 69.2 Å². The maximum Gasteiger partial charge on any atom is 0.256 e. The van der Waals surface area contributed by atoms with Gasteiger partial charge < -0.3 is 10.6 Å². The molecule has 4 rings (SSSR count). The number of halogens is 1. The predicted molar refractivity (Wildman–Crippen MR) is 132 cm³/mol. The Labute approximate surface area is 196 Å². The van der Waals surface area contributed by atoms with Gasteiger partial charge >= 0.3 is 0 Å². The van der Waals surface area contributed by atoms with Gasteiger partial charge in [-0.25, -0.2) is 14.4 Å². The molecule has 1 atom stereocenters. The van der Waals surface area contributed by atoms with Crippen molar-refractivity contribution in [2.45, 2.75) is 33.7 Å². The first-order valence-corrected chi connectivity index (χ1v) is 11.4. The Bertz CT molecular complexity index is 1270. The molecule has 2 N–H and O–H groups in total. The maximum absolute atomic E-state index is 13.7. The van der Waals surface area contributed by atoms with Gasteiger partial charge in [-0.2, -0.15) is 0 Å². The SMILES string of the molecule is Cc1cc(C)nc(NC(c2ccc(F)cc2)c2c(NC(=O)c3ccccc3)sc(C)c2C)n1. The third-order valence-corrected chi connectivity index (χ3v) is 6.58. The highest BCUT2D eigenvalue weighted by Crippen LogP contribution is 2.41. The Morgan fingerprint density at radius 1 is 0.939 bits per heavy atom. The van der Waals surface area contributed by atoms with Gasteiger partial charge in [0, 0.05) is 27.4 Å². The van der Waals surface area contributed by atoms with Crippen LogP contribution in [0.4, 0.5) is 15.3 Å². The molecule has 4 aromatic rings. The summed E-state index contributed by atoms with van der Waals surface area (Å²) in [5.41, 5.74) is 5.08. The van der Waals surface area contributed by atoms with Crippen LogP contribution < -0.4 is 10.6 Å². The average molecular weight is 461 g/mol. The lowest BCUT2D eigenvalue weighted by molar-refractivity contribution is 0.102. The fourth-order valence-electron chi connectivity index (χ4n) is 3.75. The minimum Gasteiger partial charge on any atom is -0.343 e. The number of anilines is 2. The van der Waals surface area contributed by atoms with Crippen molar-refractivity contribution >= 4 is 28.2 Å². The zero-order chi connectivity index (χ0) is 23.5. The van der Waals surface area contributed by atoms with Crippen molar-refractivity contribution in [2.75, 3.05) is 10.6 Å². The van der Waals surface area contributed by atoms with Crippen LogP contribution in [0.2, 0.25) is 0 Å². The fourth-order valence-corrected chi connectivity index (χ4v) is 4.84. The summed E-state index contributed by atoms with van der Waals surface area (Å²) < 4.78 is 13.7. The molecule has 0 aliphatic rings. The highest BCUT2D eigenvalue weighted by atomic mass is 32.1. The summed E-state index contributed by atoms with van der Waals surface area (Å²) in [5.74, 6) is -0.0139. The van der Waals surface area contributed by atoms with Gasteiger partial charge in [0.05, 0.1) is 6.04 Å². The second-order valence-corrected chi connectivity index (χ2v) is 9.17. The van der Waals surface area contributed by atoms with Gasteiger partial charge in [0.15, 0.2) is 0 Å². The van der Waals surface area contributed by atoms with Gasteiger partial charge in [0.25, 0.3) is 5.91 Å². The van der Waals surface area contributed by atoms with E-state index < -0.39 is 0 Å². The van der Waals surface area contributed by atoms with Gasteiger partial charge in [-0.15, -0.1) is 11.3 Å². The van der Waals surface area contributed by atoms with Crippen molar-refractivity contribution in [3.63, 3.8) is 0 Å². The second kappa shape index (κ2) is 9.50. The van der Waals surface area contributed by atoms with Crippen LogP contribution in [0, 0.1) is 33.5 Å². The van der Waals surface area contributed by atoms with E-state index >= 15 is 0 Å². The van der Waals surface area contributed by atoms with E-state index in [-0.39, 0.29) is 17.8 Å². The van der Waals surface area contributed by atoms with Gasteiger partial charge in [-0.1, -0.05) is 30.3 Å². The van der Waals surface area contributed by atoms with Crippen molar-refractivity contribution in [2.24, 2.45) is 0 Å². The molecule has 168 valence electrons. The molecule has 2 aromatic carbocycles. The molecule has 0 aliphatic heterocycles. The Hall–Kier alpha value is -3.58. The normalized spacial score (nSPS) is 11.8. The van der Waals surface area contributed by atoms with Crippen LogP contribution in [-0.4, -0.2) is 15.9 Å². The van der Waals surface area contributed by atoms with Crippen LogP contribution in [0.3, 0.4) is 0 Å². The summed E-state index contributed by atoms with van der Waals surface area (Å²) in [7, 11) is 0. The van der Waals surface area contributed by atoms with Gasteiger partial charge in [0.2, 0.25) is 5.95 Å². The lowest BCUT2D eigenvalue weighted by Crippen LogP contribution is -2.19. The number of carbonyl (C=O) groups excluding carboxylic acids is 1. The standard InChI is InChI=1S/C26H25FN4OS/c1-15-14-16(2)29-26(28-15)30-23(19-10-12-21(27)13-11-19)22-17(3)18(4)33-25(22)31-24(32)20-8-6-5-7-9-20/h5-14,23H,1-4H3,(H,31,32)(H,28,29,30). The quantitative estimate of drug-likeness (QED) is 0.351. The number of aryl methyl sites for hydroxylation is 3. The van der Waals surface area contributed by atoms with Crippen LogP contribution in [-0.2, 0) is 0 Å². The summed E-state index contributed by atoms with van der Waals surface area (Å²) >= 11 is 1.52. The number of hydrogen-bond acceptors (Lipinski definition) is 5. The third kappa shape index (κ3) is 5.09. The first kappa shape index (κ1) is 22.6. The lowest BCUT2D eigenvalue weighted by atomic mass is 9.96. The number of amides is 1. The lowest BCUT2D eigenvalue weighted by Gasteiger charge is -2.22. The number of thiophene rings is 1. The van der Waals surface area contributed by atoms with E-state index in [2.05, 4.69) is 20.6 Å². The summed E-state index contributed by atoms with van der Waals surface area (Å²) in [6.07, 6.45) is 0. The number of rotatable bonds is 6. The number of aromatic nitrogens is 2. The monoisotopic (exact) mass is 460 g/mol. The molecule has 0 saturated carbocycles. The molecule has 0 radical (unpaired) electrons. The van der Waals surface area contributed by atoms with Crippen molar-refractivity contribution < 1.29 is 9.18 Å². The van der Waals surface area contributed by atoms with Gasteiger partial charge in [-0.3, -0.25) is 4.79 Å². The van der Waals surface area contributed by atoms with E-state index in [0.29, 0.717) is 11.5 Å². The minimum absolute atomic E-state index is 0.182. The number of hydrogen-bond donors (Lipinski definition) is 2. The molecule has 0 bridgehead atoms. The van der Waals surface area contributed by atoms with Crippen LogP contribution in [0.25, 0.3) is 0 Å². The third-order valence-electron chi connectivity index (χ3n) is 5.44. The number of carbonyl (C=O) groups is 1. The number of benzene rings is 2. The number of nitrogens with one attached hydrogen (secondary N) is 2. The van der Waals surface area contributed by atoms with Crippen LogP contribution in [0.1, 0.15) is 49.4 Å². The van der Waals surface area contributed by atoms with E-state index in [9.17, 15) is 9.18 Å². The molecule has 33 heavy (non-hydrogen) atoms. The minimum atomic E-state index is -0.386. The van der Waals surface area contributed by atoms with Crippen molar-refractivity contribution in [3.05, 3.63) is 105 Å².